The van der Waals surface area contributed by atoms with E-state index < -0.39 is 6.04 Å². The van der Waals surface area contributed by atoms with Crippen LogP contribution in [0.1, 0.15) is 12.0 Å². The molecule has 0 aliphatic carbocycles. The molecule has 0 aromatic carbocycles. The zero-order valence-corrected chi connectivity index (χ0v) is 9.43. The molecule has 2 rings (SSSR count). The molecule has 5 nitrogen and oxygen atoms in total. The molecular weight excluding hydrogens is 206 g/mol. The molecular formula is C11H15N3O2. The van der Waals surface area contributed by atoms with Crippen LogP contribution in [0.4, 0.5) is 5.69 Å². The Morgan fingerprint density at radius 2 is 2.06 bits per heavy atom. The fourth-order valence-electron chi connectivity index (χ4n) is 1.98. The molecule has 0 bridgehead atoms. The van der Waals surface area contributed by atoms with Gasteiger partial charge in [-0.05, 0) is 18.4 Å². The summed E-state index contributed by atoms with van der Waals surface area (Å²) in [5.74, 6) is -0.132. The van der Waals surface area contributed by atoms with Gasteiger partial charge in [-0.3, -0.25) is 9.59 Å². The number of hydrogen-bond donors (Lipinski definition) is 1. The molecule has 1 aliphatic rings. The van der Waals surface area contributed by atoms with Crippen molar-refractivity contribution in [2.45, 2.75) is 18.9 Å². The van der Waals surface area contributed by atoms with Gasteiger partial charge in [0.15, 0.2) is 0 Å². The van der Waals surface area contributed by atoms with Crippen molar-refractivity contribution in [1.82, 2.24) is 4.57 Å². The number of carbonyl (C=O) groups excluding carboxylic acids is 1. The molecule has 86 valence electrons. The van der Waals surface area contributed by atoms with E-state index in [9.17, 15) is 9.59 Å². The minimum absolute atomic E-state index is 0.117. The monoisotopic (exact) mass is 221 g/mol. The third-order valence-corrected chi connectivity index (χ3v) is 3.02. The normalized spacial score (nSPS) is 20.6. The van der Waals surface area contributed by atoms with Gasteiger partial charge in [0.2, 0.25) is 5.91 Å². The van der Waals surface area contributed by atoms with Gasteiger partial charge < -0.3 is 15.2 Å². The Morgan fingerprint density at radius 3 is 2.75 bits per heavy atom. The van der Waals surface area contributed by atoms with Gasteiger partial charge in [-0.25, -0.2) is 0 Å². The number of carbonyl (C=O) groups is 1. The third-order valence-electron chi connectivity index (χ3n) is 3.02. The number of fused-ring (bicyclic) bond motifs is 1. The summed E-state index contributed by atoms with van der Waals surface area (Å²) in [6.45, 7) is 0. The van der Waals surface area contributed by atoms with E-state index in [1.54, 1.807) is 20.3 Å². The topological polar surface area (TPSA) is 68.3 Å². The van der Waals surface area contributed by atoms with E-state index in [2.05, 4.69) is 0 Å². The van der Waals surface area contributed by atoms with Crippen molar-refractivity contribution in [3.8, 4) is 0 Å². The zero-order chi connectivity index (χ0) is 11.9. The number of aromatic nitrogens is 1. The molecule has 1 unspecified atom stereocenters. The standard InChI is InChI=1S/C11H15N3O2/c1-13-6-7-3-4-8(12)11(16)14(2)9(7)5-10(13)15/h5-6,8H,3-4,12H2,1-2H3. The Bertz CT molecular complexity index is 492. The van der Waals surface area contributed by atoms with Crippen LogP contribution >= 0.6 is 0 Å². The van der Waals surface area contributed by atoms with Gasteiger partial charge in [0.25, 0.3) is 5.56 Å². The van der Waals surface area contributed by atoms with Crippen molar-refractivity contribution in [2.75, 3.05) is 11.9 Å². The first-order chi connectivity index (χ1) is 7.50. The first-order valence-electron chi connectivity index (χ1n) is 5.23. The van der Waals surface area contributed by atoms with E-state index in [1.165, 1.54) is 15.5 Å². The van der Waals surface area contributed by atoms with Crippen molar-refractivity contribution < 1.29 is 4.79 Å². The van der Waals surface area contributed by atoms with Crippen LogP contribution in [0.5, 0.6) is 0 Å². The molecule has 0 saturated heterocycles. The molecule has 0 spiro atoms. The quantitative estimate of drug-likeness (QED) is 0.649. The number of hydrogen-bond acceptors (Lipinski definition) is 3. The number of likely N-dealkylation sites (N-methyl/N-ethyl adjacent to an activating group) is 1. The molecule has 0 saturated carbocycles. The summed E-state index contributed by atoms with van der Waals surface area (Å²) in [6, 6.07) is 1.02. The maximum atomic E-state index is 11.8. The number of rotatable bonds is 0. The number of pyridine rings is 1. The highest BCUT2D eigenvalue weighted by Crippen LogP contribution is 2.23. The van der Waals surface area contributed by atoms with Crippen molar-refractivity contribution in [3.63, 3.8) is 0 Å². The molecule has 1 amide bonds. The lowest BCUT2D eigenvalue weighted by atomic mass is 10.1. The number of nitrogens with zero attached hydrogens (tertiary/aromatic N) is 2. The minimum Gasteiger partial charge on any atom is -0.320 e. The highest BCUT2D eigenvalue weighted by molar-refractivity contribution is 5.97. The smallest absolute Gasteiger partial charge is 0.252 e. The maximum absolute atomic E-state index is 11.8. The summed E-state index contributed by atoms with van der Waals surface area (Å²) in [7, 11) is 3.36. The number of aryl methyl sites for hydroxylation is 2. The fourth-order valence-corrected chi connectivity index (χ4v) is 1.98. The molecule has 1 aliphatic heterocycles. The highest BCUT2D eigenvalue weighted by atomic mass is 16.2. The average molecular weight is 221 g/mol. The van der Waals surface area contributed by atoms with E-state index >= 15 is 0 Å². The van der Waals surface area contributed by atoms with Gasteiger partial charge in [-0.1, -0.05) is 0 Å². The van der Waals surface area contributed by atoms with Crippen LogP contribution in [-0.4, -0.2) is 23.6 Å². The summed E-state index contributed by atoms with van der Waals surface area (Å²) >= 11 is 0. The summed E-state index contributed by atoms with van der Waals surface area (Å²) in [5.41, 5.74) is 7.30. The maximum Gasteiger partial charge on any atom is 0.252 e. The van der Waals surface area contributed by atoms with Crippen LogP contribution in [0.25, 0.3) is 0 Å². The van der Waals surface area contributed by atoms with E-state index in [4.69, 9.17) is 5.73 Å². The number of amides is 1. The van der Waals surface area contributed by atoms with E-state index in [1.807, 2.05) is 0 Å². The van der Waals surface area contributed by atoms with E-state index in [-0.39, 0.29) is 11.5 Å². The minimum atomic E-state index is -0.474. The molecule has 2 heterocycles. The van der Waals surface area contributed by atoms with Gasteiger partial charge in [-0.2, -0.15) is 0 Å². The van der Waals surface area contributed by atoms with Crippen molar-refractivity contribution in [2.24, 2.45) is 12.8 Å². The third kappa shape index (κ3) is 1.63. The first-order valence-corrected chi connectivity index (χ1v) is 5.23. The molecule has 1 aromatic heterocycles. The molecule has 16 heavy (non-hydrogen) atoms. The summed E-state index contributed by atoms with van der Waals surface area (Å²) in [4.78, 5) is 24.8. The van der Waals surface area contributed by atoms with Gasteiger partial charge in [-0.15, -0.1) is 0 Å². The highest BCUT2D eigenvalue weighted by Gasteiger charge is 2.25. The Labute approximate surface area is 93.5 Å². The lowest BCUT2D eigenvalue weighted by Crippen LogP contribution is -2.40. The largest absolute Gasteiger partial charge is 0.320 e. The van der Waals surface area contributed by atoms with E-state index in [0.29, 0.717) is 12.1 Å². The summed E-state index contributed by atoms with van der Waals surface area (Å²) in [6.07, 6.45) is 3.12. The van der Waals surface area contributed by atoms with Crippen LogP contribution in [0, 0.1) is 0 Å². The van der Waals surface area contributed by atoms with Crippen LogP contribution in [-0.2, 0) is 18.3 Å². The lowest BCUT2D eigenvalue weighted by Gasteiger charge is -2.19. The second-order valence-electron chi connectivity index (χ2n) is 4.18. The second-order valence-corrected chi connectivity index (χ2v) is 4.18. The Morgan fingerprint density at radius 1 is 1.38 bits per heavy atom. The molecule has 1 aromatic rings. The summed E-state index contributed by atoms with van der Waals surface area (Å²) in [5, 5.41) is 0. The van der Waals surface area contributed by atoms with Crippen molar-refractivity contribution in [3.05, 3.63) is 28.2 Å². The Hall–Kier alpha value is -1.62. The van der Waals surface area contributed by atoms with Crippen LogP contribution < -0.4 is 16.2 Å². The SMILES string of the molecule is CN1C(=O)C(N)CCc2cn(C)c(=O)cc21. The Kier molecular flexibility index (Phi) is 2.55. The van der Waals surface area contributed by atoms with Crippen LogP contribution in [0.3, 0.4) is 0 Å². The molecule has 2 N–H and O–H groups in total. The van der Waals surface area contributed by atoms with E-state index in [0.717, 1.165) is 12.0 Å². The number of nitrogens with two attached hydrogens (primary N) is 1. The Balaban J connectivity index is 2.57. The predicted octanol–water partition coefficient (Wildman–Crippen LogP) is -0.378. The lowest BCUT2D eigenvalue weighted by molar-refractivity contribution is -0.119. The number of anilines is 1. The second kappa shape index (κ2) is 3.75. The predicted molar refractivity (Wildman–Crippen MR) is 61.4 cm³/mol. The van der Waals surface area contributed by atoms with Crippen LogP contribution in [0.2, 0.25) is 0 Å². The summed E-state index contributed by atoms with van der Waals surface area (Å²) < 4.78 is 1.52. The van der Waals surface area contributed by atoms with Crippen molar-refractivity contribution in [1.29, 1.82) is 0 Å². The van der Waals surface area contributed by atoms with Crippen LogP contribution in [0.15, 0.2) is 17.1 Å². The molecule has 1 atom stereocenters. The van der Waals surface area contributed by atoms with Gasteiger partial charge in [0.05, 0.1) is 11.7 Å². The molecule has 0 radical (unpaired) electrons. The van der Waals surface area contributed by atoms with Crippen molar-refractivity contribution >= 4 is 11.6 Å². The first kappa shape index (κ1) is 10.9. The fraction of sp³-hybridized carbons (Fsp3) is 0.455. The van der Waals surface area contributed by atoms with Gasteiger partial charge in [0, 0.05) is 26.4 Å². The molecule has 0 fully saturated rings. The zero-order valence-electron chi connectivity index (χ0n) is 9.43. The van der Waals surface area contributed by atoms with Gasteiger partial charge >= 0.3 is 0 Å². The molecule has 5 heteroatoms. The van der Waals surface area contributed by atoms with Gasteiger partial charge in [0.1, 0.15) is 0 Å². The average Bonchev–Trinajstić information content (AvgIpc) is 2.35.